The van der Waals surface area contributed by atoms with Gasteiger partial charge in [-0.3, -0.25) is 14.5 Å². The van der Waals surface area contributed by atoms with E-state index >= 15 is 0 Å². The molecular formula is C17H25N3O2S. The maximum atomic E-state index is 12.2. The Kier molecular flexibility index (Phi) is 6.92. The molecule has 0 bridgehead atoms. The third-order valence-electron chi connectivity index (χ3n) is 3.95. The zero-order valence-electron chi connectivity index (χ0n) is 13.9. The highest BCUT2D eigenvalue weighted by molar-refractivity contribution is 7.99. The molecule has 6 heteroatoms. The standard InChI is InChI=1S/C17H25N3O2S/c1-14-4-3-5-15(10-14)12-23-13-17(22)20-8-6-19(7-9-20)11-16(21)18-2/h3-5,10H,6-9,11-13H2,1-2H3,(H,18,21). The van der Waals surface area contributed by atoms with E-state index in [-0.39, 0.29) is 11.8 Å². The van der Waals surface area contributed by atoms with Crippen LogP contribution in [0.1, 0.15) is 11.1 Å². The van der Waals surface area contributed by atoms with Gasteiger partial charge in [-0.05, 0) is 12.5 Å². The van der Waals surface area contributed by atoms with Gasteiger partial charge in [-0.25, -0.2) is 0 Å². The lowest BCUT2D eigenvalue weighted by molar-refractivity contribution is -0.130. The molecule has 0 unspecified atom stereocenters. The minimum Gasteiger partial charge on any atom is -0.358 e. The van der Waals surface area contributed by atoms with Crippen LogP contribution < -0.4 is 5.32 Å². The number of piperazine rings is 1. The number of hydrogen-bond acceptors (Lipinski definition) is 4. The molecule has 1 aromatic rings. The van der Waals surface area contributed by atoms with Gasteiger partial charge in [0.15, 0.2) is 0 Å². The van der Waals surface area contributed by atoms with Gasteiger partial charge in [0.2, 0.25) is 11.8 Å². The van der Waals surface area contributed by atoms with Crippen LogP contribution in [-0.2, 0) is 15.3 Å². The highest BCUT2D eigenvalue weighted by Crippen LogP contribution is 2.14. The van der Waals surface area contributed by atoms with Gasteiger partial charge in [-0.15, -0.1) is 11.8 Å². The molecule has 0 saturated carbocycles. The van der Waals surface area contributed by atoms with Gasteiger partial charge < -0.3 is 10.2 Å². The second-order valence-corrected chi connectivity index (χ2v) is 6.80. The van der Waals surface area contributed by atoms with Crippen LogP contribution in [0.3, 0.4) is 0 Å². The SMILES string of the molecule is CNC(=O)CN1CCN(C(=O)CSCc2cccc(C)c2)CC1. The Hall–Kier alpha value is -1.53. The number of thioether (sulfide) groups is 1. The number of likely N-dealkylation sites (N-methyl/N-ethyl adjacent to an activating group) is 1. The van der Waals surface area contributed by atoms with Crippen LogP contribution in [0.5, 0.6) is 0 Å². The highest BCUT2D eigenvalue weighted by Gasteiger charge is 2.21. The molecule has 1 aliphatic rings. The normalized spacial score (nSPS) is 15.5. The van der Waals surface area contributed by atoms with Gasteiger partial charge in [0.05, 0.1) is 12.3 Å². The molecule has 2 amide bonds. The predicted molar refractivity (Wildman–Crippen MR) is 94.4 cm³/mol. The van der Waals surface area contributed by atoms with Crippen molar-refractivity contribution in [1.29, 1.82) is 0 Å². The minimum absolute atomic E-state index is 0.0264. The molecule has 1 N–H and O–H groups in total. The van der Waals surface area contributed by atoms with E-state index in [1.165, 1.54) is 11.1 Å². The Morgan fingerprint density at radius 3 is 2.61 bits per heavy atom. The second-order valence-electron chi connectivity index (χ2n) is 5.81. The summed E-state index contributed by atoms with van der Waals surface area (Å²) in [5.41, 5.74) is 2.51. The second kappa shape index (κ2) is 8.93. The molecule has 0 aromatic heterocycles. The molecule has 2 rings (SSSR count). The molecule has 0 aliphatic carbocycles. The van der Waals surface area contributed by atoms with E-state index in [9.17, 15) is 9.59 Å². The molecule has 126 valence electrons. The molecular weight excluding hydrogens is 310 g/mol. The number of carbonyl (C=O) groups excluding carboxylic acids is 2. The Labute approximate surface area is 142 Å². The number of aryl methyl sites for hydroxylation is 1. The fourth-order valence-electron chi connectivity index (χ4n) is 2.59. The maximum absolute atomic E-state index is 12.2. The fraction of sp³-hybridized carbons (Fsp3) is 0.529. The van der Waals surface area contributed by atoms with Crippen molar-refractivity contribution in [2.75, 3.05) is 45.5 Å². The molecule has 1 fully saturated rings. The van der Waals surface area contributed by atoms with Gasteiger partial charge >= 0.3 is 0 Å². The lowest BCUT2D eigenvalue weighted by Gasteiger charge is -2.34. The largest absolute Gasteiger partial charge is 0.358 e. The van der Waals surface area contributed by atoms with Gasteiger partial charge in [0.1, 0.15) is 0 Å². The van der Waals surface area contributed by atoms with Crippen molar-refractivity contribution >= 4 is 23.6 Å². The van der Waals surface area contributed by atoms with Crippen LogP contribution in [0, 0.1) is 6.92 Å². The maximum Gasteiger partial charge on any atom is 0.233 e. The molecule has 1 heterocycles. The molecule has 5 nitrogen and oxygen atoms in total. The first-order valence-corrected chi connectivity index (χ1v) is 9.08. The van der Waals surface area contributed by atoms with Crippen molar-refractivity contribution in [2.24, 2.45) is 0 Å². The molecule has 1 aliphatic heterocycles. The molecule has 1 aromatic carbocycles. The third kappa shape index (κ3) is 5.88. The van der Waals surface area contributed by atoms with Gasteiger partial charge in [-0.1, -0.05) is 29.8 Å². The average Bonchev–Trinajstić information content (AvgIpc) is 2.55. The first kappa shape index (κ1) is 17.8. The van der Waals surface area contributed by atoms with Gasteiger partial charge in [0.25, 0.3) is 0 Å². The minimum atomic E-state index is 0.0264. The predicted octanol–water partition coefficient (Wildman–Crippen LogP) is 1.12. The first-order chi connectivity index (χ1) is 11.1. The Morgan fingerprint density at radius 2 is 1.96 bits per heavy atom. The summed E-state index contributed by atoms with van der Waals surface area (Å²) in [7, 11) is 1.65. The van der Waals surface area contributed by atoms with Crippen molar-refractivity contribution in [3.05, 3.63) is 35.4 Å². The van der Waals surface area contributed by atoms with E-state index < -0.39 is 0 Å². The lowest BCUT2D eigenvalue weighted by Crippen LogP contribution is -2.51. The number of rotatable bonds is 6. The fourth-order valence-corrected chi connectivity index (χ4v) is 3.46. The smallest absolute Gasteiger partial charge is 0.233 e. The van der Waals surface area contributed by atoms with E-state index in [1.54, 1.807) is 18.8 Å². The zero-order chi connectivity index (χ0) is 16.7. The van der Waals surface area contributed by atoms with E-state index in [4.69, 9.17) is 0 Å². The van der Waals surface area contributed by atoms with Crippen molar-refractivity contribution in [3.8, 4) is 0 Å². The molecule has 0 atom stereocenters. The van der Waals surface area contributed by atoms with Crippen molar-refractivity contribution < 1.29 is 9.59 Å². The summed E-state index contributed by atoms with van der Waals surface area (Å²) in [6, 6.07) is 8.40. The third-order valence-corrected chi connectivity index (χ3v) is 4.94. The van der Waals surface area contributed by atoms with Gasteiger partial charge in [-0.2, -0.15) is 0 Å². The number of amides is 2. The Morgan fingerprint density at radius 1 is 1.22 bits per heavy atom. The Balaban J connectivity index is 1.68. The summed E-state index contributed by atoms with van der Waals surface area (Å²) in [5, 5.41) is 2.63. The van der Waals surface area contributed by atoms with E-state index in [0.717, 1.165) is 18.8 Å². The van der Waals surface area contributed by atoms with E-state index in [0.29, 0.717) is 25.4 Å². The van der Waals surface area contributed by atoms with Crippen molar-refractivity contribution in [2.45, 2.75) is 12.7 Å². The Bertz CT molecular complexity index is 542. The van der Waals surface area contributed by atoms with Crippen molar-refractivity contribution in [1.82, 2.24) is 15.1 Å². The first-order valence-electron chi connectivity index (χ1n) is 7.92. The van der Waals surface area contributed by atoms with E-state index in [1.807, 2.05) is 4.90 Å². The summed E-state index contributed by atoms with van der Waals surface area (Å²) >= 11 is 1.66. The molecule has 23 heavy (non-hydrogen) atoms. The zero-order valence-corrected chi connectivity index (χ0v) is 14.7. The summed E-state index contributed by atoms with van der Waals surface area (Å²) in [6.07, 6.45) is 0. The van der Waals surface area contributed by atoms with Crippen LogP contribution in [0.25, 0.3) is 0 Å². The monoisotopic (exact) mass is 335 g/mol. The number of nitrogens with zero attached hydrogens (tertiary/aromatic N) is 2. The van der Waals surface area contributed by atoms with Gasteiger partial charge in [0, 0.05) is 39.0 Å². The van der Waals surface area contributed by atoms with Crippen LogP contribution in [-0.4, -0.2) is 67.1 Å². The molecule has 1 saturated heterocycles. The average molecular weight is 335 g/mol. The van der Waals surface area contributed by atoms with Crippen LogP contribution in [0.4, 0.5) is 0 Å². The van der Waals surface area contributed by atoms with Crippen LogP contribution >= 0.6 is 11.8 Å². The topological polar surface area (TPSA) is 52.7 Å². The highest BCUT2D eigenvalue weighted by atomic mass is 32.2. The number of benzene rings is 1. The summed E-state index contributed by atoms with van der Waals surface area (Å²) in [4.78, 5) is 27.6. The van der Waals surface area contributed by atoms with E-state index in [2.05, 4.69) is 41.4 Å². The lowest BCUT2D eigenvalue weighted by atomic mass is 10.2. The molecule has 0 radical (unpaired) electrons. The van der Waals surface area contributed by atoms with Crippen LogP contribution in [0.15, 0.2) is 24.3 Å². The summed E-state index contributed by atoms with van der Waals surface area (Å²) in [6.45, 7) is 5.45. The van der Waals surface area contributed by atoms with Crippen LogP contribution in [0.2, 0.25) is 0 Å². The number of carbonyl (C=O) groups is 2. The molecule has 0 spiro atoms. The number of hydrogen-bond donors (Lipinski definition) is 1. The quantitative estimate of drug-likeness (QED) is 0.846. The summed E-state index contributed by atoms with van der Waals surface area (Å²) in [5.74, 6) is 1.61. The summed E-state index contributed by atoms with van der Waals surface area (Å²) < 4.78 is 0. The number of nitrogens with one attached hydrogen (secondary N) is 1. The van der Waals surface area contributed by atoms with Crippen molar-refractivity contribution in [3.63, 3.8) is 0 Å².